The average molecular weight is 345 g/mol. The van der Waals surface area contributed by atoms with Gasteiger partial charge >= 0.3 is 0 Å². The monoisotopic (exact) mass is 344 g/mol. The molecular formula is C20H40O2S. The van der Waals surface area contributed by atoms with Crippen LogP contribution >= 0.6 is 11.8 Å². The summed E-state index contributed by atoms with van der Waals surface area (Å²) in [6, 6.07) is 0. The lowest BCUT2D eigenvalue weighted by atomic mass is 10.0. The number of thioether (sulfide) groups is 1. The summed E-state index contributed by atoms with van der Waals surface area (Å²) >= 11 is 1.58. The lowest BCUT2D eigenvalue weighted by Gasteiger charge is -2.03. The van der Waals surface area contributed by atoms with Crippen LogP contribution in [0.25, 0.3) is 0 Å². The lowest BCUT2D eigenvalue weighted by molar-refractivity contribution is 0.113. The van der Waals surface area contributed by atoms with Crippen molar-refractivity contribution in [3.63, 3.8) is 0 Å². The summed E-state index contributed by atoms with van der Waals surface area (Å²) in [6.45, 7) is 2.14. The number of rotatable bonds is 18. The Bertz CT molecular complexity index is 244. The number of allylic oxidation sites excluding steroid dienone is 1. The van der Waals surface area contributed by atoms with Crippen molar-refractivity contribution >= 4 is 11.8 Å². The Hall–Kier alpha value is 0.01000. The van der Waals surface area contributed by atoms with Gasteiger partial charge in [-0.15, -0.1) is 11.8 Å². The summed E-state index contributed by atoms with van der Waals surface area (Å²) in [4.78, 5) is 0. The zero-order valence-electron chi connectivity index (χ0n) is 15.3. The maximum absolute atomic E-state index is 9.18. The van der Waals surface area contributed by atoms with Gasteiger partial charge in [0.2, 0.25) is 0 Å². The van der Waals surface area contributed by atoms with E-state index in [2.05, 4.69) is 18.4 Å². The highest BCUT2D eigenvalue weighted by atomic mass is 32.2. The molecule has 2 N–H and O–H groups in total. The van der Waals surface area contributed by atoms with Crippen LogP contribution in [0.15, 0.2) is 11.5 Å². The van der Waals surface area contributed by atoms with Crippen molar-refractivity contribution in [2.45, 2.75) is 103 Å². The van der Waals surface area contributed by atoms with Gasteiger partial charge in [0, 0.05) is 5.75 Å². The molecule has 0 amide bonds. The minimum atomic E-state index is -0.582. The Morgan fingerprint density at radius 1 is 0.783 bits per heavy atom. The van der Waals surface area contributed by atoms with Gasteiger partial charge in [0.15, 0.2) is 0 Å². The summed E-state index contributed by atoms with van der Waals surface area (Å²) in [7, 11) is 0. The van der Waals surface area contributed by atoms with Crippen molar-refractivity contribution in [3.8, 4) is 0 Å². The van der Waals surface area contributed by atoms with Crippen LogP contribution in [0.3, 0.4) is 0 Å². The van der Waals surface area contributed by atoms with E-state index in [1.165, 1.54) is 83.5 Å². The molecule has 0 fully saturated rings. The Kier molecular flexibility index (Phi) is 20.1. The van der Waals surface area contributed by atoms with Crippen LogP contribution in [0.4, 0.5) is 0 Å². The highest BCUT2D eigenvalue weighted by Gasteiger charge is 1.98. The molecule has 1 unspecified atom stereocenters. The van der Waals surface area contributed by atoms with E-state index in [0.717, 1.165) is 6.42 Å². The fourth-order valence-electron chi connectivity index (χ4n) is 2.64. The van der Waals surface area contributed by atoms with Crippen molar-refractivity contribution in [2.75, 3.05) is 12.4 Å². The van der Waals surface area contributed by atoms with E-state index >= 15 is 0 Å². The Morgan fingerprint density at radius 2 is 1.26 bits per heavy atom. The SMILES string of the molecule is CCCCCCCCCCCCCCCC=CSCC(O)CO. The number of aliphatic hydroxyl groups excluding tert-OH is 2. The van der Waals surface area contributed by atoms with Gasteiger partial charge in [-0.2, -0.15) is 0 Å². The van der Waals surface area contributed by atoms with E-state index in [1.807, 2.05) is 0 Å². The molecule has 1 atom stereocenters. The van der Waals surface area contributed by atoms with Crippen molar-refractivity contribution < 1.29 is 10.2 Å². The highest BCUT2D eigenvalue weighted by molar-refractivity contribution is 8.02. The van der Waals surface area contributed by atoms with Gasteiger partial charge in [-0.05, 0) is 18.2 Å². The Balaban J connectivity index is 3.06. The van der Waals surface area contributed by atoms with E-state index in [-0.39, 0.29) is 6.61 Å². The molecular weight excluding hydrogens is 304 g/mol. The van der Waals surface area contributed by atoms with E-state index in [4.69, 9.17) is 5.11 Å². The standard InChI is InChI=1S/C20H40O2S/c1-2-3-4-5-6-7-8-9-10-11-12-13-14-15-16-17-23-19-20(22)18-21/h16-17,20-22H,2-15,18-19H2,1H3. The number of hydrogen-bond donors (Lipinski definition) is 2. The van der Waals surface area contributed by atoms with Crippen LogP contribution in [0, 0.1) is 0 Å². The zero-order valence-corrected chi connectivity index (χ0v) is 16.2. The third-order valence-electron chi connectivity index (χ3n) is 4.17. The summed E-state index contributed by atoms with van der Waals surface area (Å²) in [5.41, 5.74) is 0. The minimum absolute atomic E-state index is 0.139. The Morgan fingerprint density at radius 3 is 1.74 bits per heavy atom. The molecule has 138 valence electrons. The number of aliphatic hydroxyl groups is 2. The molecule has 0 aliphatic rings. The fraction of sp³-hybridized carbons (Fsp3) is 0.900. The molecule has 0 aliphatic heterocycles. The van der Waals surface area contributed by atoms with Crippen LogP contribution < -0.4 is 0 Å². The third-order valence-corrected chi connectivity index (χ3v) is 5.13. The molecule has 23 heavy (non-hydrogen) atoms. The van der Waals surface area contributed by atoms with Gasteiger partial charge in [-0.25, -0.2) is 0 Å². The van der Waals surface area contributed by atoms with E-state index in [0.29, 0.717) is 5.75 Å². The minimum Gasteiger partial charge on any atom is -0.394 e. The van der Waals surface area contributed by atoms with Gasteiger partial charge in [0.1, 0.15) is 0 Å². The summed E-state index contributed by atoms with van der Waals surface area (Å²) in [5, 5.41) is 19.9. The molecule has 0 saturated carbocycles. The first kappa shape index (κ1) is 23.0. The zero-order chi connectivity index (χ0) is 17.0. The van der Waals surface area contributed by atoms with Gasteiger partial charge in [0.05, 0.1) is 12.7 Å². The molecule has 0 radical (unpaired) electrons. The van der Waals surface area contributed by atoms with Gasteiger partial charge < -0.3 is 10.2 Å². The first-order valence-corrected chi connectivity index (χ1v) is 10.9. The van der Waals surface area contributed by atoms with Crippen molar-refractivity contribution in [2.24, 2.45) is 0 Å². The predicted octanol–water partition coefficient (Wildman–Crippen LogP) is 6.07. The molecule has 0 aromatic rings. The molecule has 0 aliphatic carbocycles. The highest BCUT2D eigenvalue weighted by Crippen LogP contribution is 2.13. The second-order valence-electron chi connectivity index (χ2n) is 6.57. The summed E-state index contributed by atoms with van der Waals surface area (Å²) in [5.74, 6) is 0.589. The molecule has 0 saturated heterocycles. The third kappa shape index (κ3) is 20.0. The molecule has 0 aromatic carbocycles. The van der Waals surface area contributed by atoms with Crippen molar-refractivity contribution in [1.82, 2.24) is 0 Å². The quantitative estimate of drug-likeness (QED) is 0.297. The lowest BCUT2D eigenvalue weighted by Crippen LogP contribution is -2.13. The maximum Gasteiger partial charge on any atom is 0.0864 e. The van der Waals surface area contributed by atoms with Crippen molar-refractivity contribution in [3.05, 3.63) is 11.5 Å². The largest absolute Gasteiger partial charge is 0.394 e. The number of unbranched alkanes of at least 4 members (excludes halogenated alkanes) is 13. The van der Waals surface area contributed by atoms with Crippen LogP contribution in [0.2, 0.25) is 0 Å². The Labute approximate surface area is 149 Å². The molecule has 2 nitrogen and oxygen atoms in total. The first-order chi connectivity index (χ1) is 11.3. The molecule has 0 bridgehead atoms. The topological polar surface area (TPSA) is 40.5 Å². The van der Waals surface area contributed by atoms with Crippen LogP contribution in [-0.2, 0) is 0 Å². The van der Waals surface area contributed by atoms with E-state index in [1.54, 1.807) is 11.8 Å². The fourth-order valence-corrected chi connectivity index (χ4v) is 3.35. The van der Waals surface area contributed by atoms with Gasteiger partial charge in [0.25, 0.3) is 0 Å². The maximum atomic E-state index is 9.18. The molecule has 3 heteroatoms. The normalized spacial score (nSPS) is 13.0. The molecule has 0 aromatic heterocycles. The molecule has 0 heterocycles. The van der Waals surface area contributed by atoms with Crippen LogP contribution in [0.1, 0.15) is 96.8 Å². The predicted molar refractivity (Wildman–Crippen MR) is 105 cm³/mol. The van der Waals surface area contributed by atoms with Gasteiger partial charge in [-0.1, -0.05) is 90.0 Å². The smallest absolute Gasteiger partial charge is 0.0864 e. The van der Waals surface area contributed by atoms with Crippen LogP contribution in [-0.4, -0.2) is 28.7 Å². The second kappa shape index (κ2) is 20.1. The van der Waals surface area contributed by atoms with Gasteiger partial charge in [-0.3, -0.25) is 0 Å². The van der Waals surface area contributed by atoms with E-state index in [9.17, 15) is 5.11 Å². The summed E-state index contributed by atoms with van der Waals surface area (Å²) < 4.78 is 0. The number of hydrogen-bond acceptors (Lipinski definition) is 3. The molecule has 0 spiro atoms. The van der Waals surface area contributed by atoms with Crippen LogP contribution in [0.5, 0.6) is 0 Å². The second-order valence-corrected chi connectivity index (χ2v) is 7.51. The summed E-state index contributed by atoms with van der Waals surface area (Å²) in [6.07, 6.45) is 20.9. The van der Waals surface area contributed by atoms with Crippen molar-refractivity contribution in [1.29, 1.82) is 0 Å². The average Bonchev–Trinajstić information content (AvgIpc) is 2.57. The van der Waals surface area contributed by atoms with E-state index < -0.39 is 6.10 Å². The molecule has 0 rings (SSSR count). The first-order valence-electron chi connectivity index (χ1n) is 9.86.